The maximum absolute atomic E-state index is 6.37. The van der Waals surface area contributed by atoms with Crippen LogP contribution in [0, 0.1) is 6.92 Å². The Balaban J connectivity index is 2.19. The summed E-state index contributed by atoms with van der Waals surface area (Å²) in [4.78, 5) is 0. The molecule has 2 N–H and O–H groups in total. The highest BCUT2D eigenvalue weighted by molar-refractivity contribution is 5.79. The quantitative estimate of drug-likeness (QED) is 0.897. The number of hydrogen-bond acceptors (Lipinski definition) is 2. The van der Waals surface area contributed by atoms with Gasteiger partial charge in [-0.25, -0.2) is 0 Å². The van der Waals surface area contributed by atoms with Crippen LogP contribution in [0.25, 0.3) is 11.1 Å². The minimum atomic E-state index is 0.158. The number of aryl methyl sites for hydroxylation is 2. The molecule has 1 aliphatic carbocycles. The summed E-state index contributed by atoms with van der Waals surface area (Å²) >= 11 is 0. The van der Waals surface area contributed by atoms with E-state index in [4.69, 9.17) is 10.8 Å². The first kappa shape index (κ1) is 14.2. The van der Waals surface area contributed by atoms with Gasteiger partial charge in [0, 0.05) is 18.0 Å². The van der Waals surface area contributed by atoms with Crippen molar-refractivity contribution in [3.8, 4) is 11.1 Å². The lowest BCUT2D eigenvalue weighted by Crippen LogP contribution is -2.26. The molecule has 21 heavy (non-hydrogen) atoms. The van der Waals surface area contributed by atoms with E-state index in [2.05, 4.69) is 38.1 Å². The Labute approximate surface area is 127 Å². The Hall–Kier alpha value is -1.77. The largest absolute Gasteiger partial charge is 0.383 e. The summed E-state index contributed by atoms with van der Waals surface area (Å²) in [5, 5.41) is 4.81. The van der Waals surface area contributed by atoms with E-state index in [9.17, 15) is 0 Å². The van der Waals surface area contributed by atoms with Crippen LogP contribution < -0.4 is 5.73 Å². The number of nitrogens with zero attached hydrogens (tertiary/aromatic N) is 2. The molecule has 3 heteroatoms. The second-order valence-electron chi connectivity index (χ2n) is 6.67. The average Bonchev–Trinajstić information content (AvgIpc) is 2.77. The summed E-state index contributed by atoms with van der Waals surface area (Å²) in [7, 11) is 1.95. The average molecular weight is 283 g/mol. The van der Waals surface area contributed by atoms with Gasteiger partial charge >= 0.3 is 0 Å². The summed E-state index contributed by atoms with van der Waals surface area (Å²) in [6.07, 6.45) is 6.35. The zero-order valence-electron chi connectivity index (χ0n) is 13.3. The lowest BCUT2D eigenvalue weighted by atomic mass is 9.71. The first-order valence-corrected chi connectivity index (χ1v) is 7.92. The fourth-order valence-corrected chi connectivity index (χ4v) is 3.65. The van der Waals surface area contributed by atoms with Gasteiger partial charge in [0.1, 0.15) is 5.82 Å². The second kappa shape index (κ2) is 5.21. The highest BCUT2D eigenvalue weighted by Crippen LogP contribution is 2.44. The third kappa shape index (κ3) is 2.35. The van der Waals surface area contributed by atoms with Gasteiger partial charge in [-0.05, 0) is 30.9 Å². The minimum Gasteiger partial charge on any atom is -0.383 e. The maximum Gasteiger partial charge on any atom is 0.129 e. The van der Waals surface area contributed by atoms with Gasteiger partial charge in [0.15, 0.2) is 0 Å². The van der Waals surface area contributed by atoms with Crippen LogP contribution in [-0.2, 0) is 12.5 Å². The van der Waals surface area contributed by atoms with Gasteiger partial charge in [0.25, 0.3) is 0 Å². The summed E-state index contributed by atoms with van der Waals surface area (Å²) in [6, 6.07) is 8.47. The molecule has 0 atom stereocenters. The van der Waals surface area contributed by atoms with Gasteiger partial charge < -0.3 is 5.73 Å². The molecule has 0 spiro atoms. The molecule has 1 aliphatic rings. The summed E-state index contributed by atoms with van der Waals surface area (Å²) in [5.74, 6) is 0.783. The fraction of sp³-hybridized carbons (Fsp3) is 0.500. The summed E-state index contributed by atoms with van der Waals surface area (Å²) in [5.41, 5.74) is 11.4. The van der Waals surface area contributed by atoms with Crippen LogP contribution in [0.4, 0.5) is 5.82 Å². The van der Waals surface area contributed by atoms with Crippen LogP contribution >= 0.6 is 0 Å². The van der Waals surface area contributed by atoms with Gasteiger partial charge in [0.05, 0.1) is 5.69 Å². The molecule has 1 fully saturated rings. The van der Waals surface area contributed by atoms with Crippen molar-refractivity contribution >= 4 is 5.82 Å². The Bertz CT molecular complexity index is 648. The molecule has 1 aromatic heterocycles. The number of nitrogen functional groups attached to an aromatic ring is 1. The predicted octanol–water partition coefficient (Wildman–Crippen LogP) is 4.20. The topological polar surface area (TPSA) is 43.8 Å². The highest BCUT2D eigenvalue weighted by atomic mass is 15.3. The van der Waals surface area contributed by atoms with E-state index in [1.165, 1.54) is 48.9 Å². The van der Waals surface area contributed by atoms with Crippen LogP contribution in [0.5, 0.6) is 0 Å². The van der Waals surface area contributed by atoms with E-state index in [1.54, 1.807) is 0 Å². The van der Waals surface area contributed by atoms with Crippen molar-refractivity contribution < 1.29 is 0 Å². The molecule has 0 amide bonds. The molecule has 0 radical (unpaired) electrons. The molecular weight excluding hydrogens is 258 g/mol. The van der Waals surface area contributed by atoms with Crippen LogP contribution in [0.15, 0.2) is 24.3 Å². The fourth-order valence-electron chi connectivity index (χ4n) is 3.65. The van der Waals surface area contributed by atoms with Crippen LogP contribution in [0.2, 0.25) is 0 Å². The minimum absolute atomic E-state index is 0.158. The molecule has 0 unspecified atom stereocenters. The first-order valence-electron chi connectivity index (χ1n) is 7.92. The Morgan fingerprint density at radius 3 is 2.48 bits per heavy atom. The standard InChI is InChI=1S/C18H25N3/c1-13-9-5-6-10-14(13)15-16(20-21(3)17(15)19)18(2)11-7-4-8-12-18/h5-6,9-10H,4,7-8,11-12,19H2,1-3H3. The van der Waals surface area contributed by atoms with E-state index in [0.717, 1.165) is 11.4 Å². The van der Waals surface area contributed by atoms with Gasteiger partial charge in [-0.1, -0.05) is 50.5 Å². The third-order valence-corrected chi connectivity index (χ3v) is 5.03. The van der Waals surface area contributed by atoms with Gasteiger partial charge in [-0.2, -0.15) is 5.10 Å². The van der Waals surface area contributed by atoms with Crippen LogP contribution in [0.3, 0.4) is 0 Å². The maximum atomic E-state index is 6.37. The number of anilines is 1. The molecular formula is C18H25N3. The van der Waals surface area contributed by atoms with E-state index in [-0.39, 0.29) is 5.41 Å². The second-order valence-corrected chi connectivity index (χ2v) is 6.67. The zero-order chi connectivity index (χ0) is 15.0. The van der Waals surface area contributed by atoms with Crippen molar-refractivity contribution in [2.75, 3.05) is 5.73 Å². The predicted molar refractivity (Wildman–Crippen MR) is 88.2 cm³/mol. The van der Waals surface area contributed by atoms with Crippen molar-refractivity contribution in [2.24, 2.45) is 7.05 Å². The third-order valence-electron chi connectivity index (χ3n) is 5.03. The van der Waals surface area contributed by atoms with E-state index in [0.29, 0.717) is 0 Å². The molecule has 1 heterocycles. The van der Waals surface area contributed by atoms with E-state index >= 15 is 0 Å². The lowest BCUT2D eigenvalue weighted by Gasteiger charge is -2.33. The number of rotatable bonds is 2. The van der Waals surface area contributed by atoms with Crippen molar-refractivity contribution in [3.63, 3.8) is 0 Å². The Morgan fingerprint density at radius 1 is 1.14 bits per heavy atom. The molecule has 2 aromatic rings. The molecule has 1 saturated carbocycles. The molecule has 3 nitrogen and oxygen atoms in total. The van der Waals surface area contributed by atoms with Gasteiger partial charge in [-0.3, -0.25) is 4.68 Å². The number of hydrogen-bond donors (Lipinski definition) is 1. The van der Waals surface area contributed by atoms with Crippen molar-refractivity contribution in [2.45, 2.75) is 51.4 Å². The molecule has 112 valence electrons. The van der Waals surface area contributed by atoms with Gasteiger partial charge in [-0.15, -0.1) is 0 Å². The van der Waals surface area contributed by atoms with Crippen LogP contribution in [-0.4, -0.2) is 9.78 Å². The normalized spacial score (nSPS) is 17.9. The summed E-state index contributed by atoms with van der Waals surface area (Å²) < 4.78 is 1.84. The SMILES string of the molecule is Cc1ccccc1-c1c(C2(C)CCCCC2)nn(C)c1N. The highest BCUT2D eigenvalue weighted by Gasteiger charge is 2.35. The molecule has 0 bridgehead atoms. The number of benzene rings is 1. The van der Waals surface area contributed by atoms with Crippen molar-refractivity contribution in [1.29, 1.82) is 0 Å². The van der Waals surface area contributed by atoms with Crippen LogP contribution in [0.1, 0.15) is 50.3 Å². The van der Waals surface area contributed by atoms with E-state index < -0.39 is 0 Å². The van der Waals surface area contributed by atoms with Gasteiger partial charge in [0.2, 0.25) is 0 Å². The molecule has 0 aliphatic heterocycles. The van der Waals surface area contributed by atoms with Crippen molar-refractivity contribution in [1.82, 2.24) is 9.78 Å². The molecule has 3 rings (SSSR count). The molecule has 1 aromatic carbocycles. The van der Waals surface area contributed by atoms with E-state index in [1.807, 2.05) is 11.7 Å². The molecule has 0 saturated heterocycles. The monoisotopic (exact) mass is 283 g/mol. The number of aromatic nitrogens is 2. The van der Waals surface area contributed by atoms with Crippen molar-refractivity contribution in [3.05, 3.63) is 35.5 Å². The zero-order valence-corrected chi connectivity index (χ0v) is 13.3. The first-order chi connectivity index (χ1) is 10.0. The Morgan fingerprint density at radius 2 is 1.81 bits per heavy atom. The lowest BCUT2D eigenvalue weighted by molar-refractivity contribution is 0.311. The number of nitrogens with two attached hydrogens (primary N) is 1. The smallest absolute Gasteiger partial charge is 0.129 e. The summed E-state index contributed by atoms with van der Waals surface area (Å²) in [6.45, 7) is 4.50. The Kier molecular flexibility index (Phi) is 3.52.